The number of para-hydroxylation sites is 3. The van der Waals surface area contributed by atoms with Crippen LogP contribution in [0.3, 0.4) is 0 Å². The molecule has 0 radical (unpaired) electrons. The Labute approximate surface area is 170 Å². The zero-order valence-electron chi connectivity index (χ0n) is 16.8. The van der Waals surface area contributed by atoms with Gasteiger partial charge in [0.25, 0.3) is 11.8 Å². The van der Waals surface area contributed by atoms with E-state index in [1.54, 1.807) is 42.5 Å². The summed E-state index contributed by atoms with van der Waals surface area (Å²) >= 11 is 0. The third-order valence-electron chi connectivity index (χ3n) is 4.87. The standard InChI is InChI=1S/C22H25N3O4/c1-4-14(2)23-21(27)16-9-5-6-10-17(16)24-22(28)20-13-25(15(3)26)18-11-7-8-12-19(18)29-20/h5-12,14,20H,4,13H2,1-3H3,(H,23,27)(H,24,28). The lowest BCUT2D eigenvalue weighted by atomic mass is 10.1. The maximum absolute atomic E-state index is 12.9. The van der Waals surface area contributed by atoms with E-state index >= 15 is 0 Å². The van der Waals surface area contributed by atoms with Gasteiger partial charge in [0.2, 0.25) is 5.91 Å². The molecule has 0 fully saturated rings. The molecule has 2 aromatic carbocycles. The normalized spacial score (nSPS) is 16.2. The monoisotopic (exact) mass is 395 g/mol. The molecule has 7 heteroatoms. The number of hydrogen-bond donors (Lipinski definition) is 2. The van der Waals surface area contributed by atoms with Gasteiger partial charge in [-0.25, -0.2) is 0 Å². The fourth-order valence-electron chi connectivity index (χ4n) is 3.08. The average Bonchev–Trinajstić information content (AvgIpc) is 2.72. The zero-order valence-corrected chi connectivity index (χ0v) is 16.8. The number of ether oxygens (including phenoxy) is 1. The second-order valence-electron chi connectivity index (χ2n) is 7.02. The summed E-state index contributed by atoms with van der Waals surface area (Å²) in [7, 11) is 0. The highest BCUT2D eigenvalue weighted by Gasteiger charge is 2.33. The van der Waals surface area contributed by atoms with Crippen molar-refractivity contribution >= 4 is 29.1 Å². The fraction of sp³-hybridized carbons (Fsp3) is 0.318. The van der Waals surface area contributed by atoms with Gasteiger partial charge in [-0.3, -0.25) is 14.4 Å². The largest absolute Gasteiger partial charge is 0.476 e. The van der Waals surface area contributed by atoms with Crippen LogP contribution in [-0.2, 0) is 9.59 Å². The highest BCUT2D eigenvalue weighted by molar-refractivity contribution is 6.05. The second kappa shape index (κ2) is 8.77. The van der Waals surface area contributed by atoms with Crippen molar-refractivity contribution in [2.45, 2.75) is 39.3 Å². The number of amides is 3. The first-order chi connectivity index (χ1) is 13.9. The van der Waals surface area contributed by atoms with Crippen molar-refractivity contribution in [2.24, 2.45) is 0 Å². The van der Waals surface area contributed by atoms with Crippen molar-refractivity contribution in [1.82, 2.24) is 5.32 Å². The molecule has 3 rings (SSSR count). The summed E-state index contributed by atoms with van der Waals surface area (Å²) in [6.07, 6.45) is -0.0873. The van der Waals surface area contributed by atoms with E-state index in [9.17, 15) is 14.4 Å². The van der Waals surface area contributed by atoms with E-state index in [0.29, 0.717) is 22.7 Å². The Bertz CT molecular complexity index is 928. The van der Waals surface area contributed by atoms with Crippen LogP contribution in [0, 0.1) is 0 Å². The van der Waals surface area contributed by atoms with Crippen LogP contribution in [0.4, 0.5) is 11.4 Å². The molecule has 0 saturated heterocycles. The van der Waals surface area contributed by atoms with E-state index in [2.05, 4.69) is 10.6 Å². The van der Waals surface area contributed by atoms with Gasteiger partial charge >= 0.3 is 0 Å². The maximum Gasteiger partial charge on any atom is 0.267 e. The molecule has 2 unspecified atom stereocenters. The van der Waals surface area contributed by atoms with E-state index in [4.69, 9.17) is 4.74 Å². The molecule has 7 nitrogen and oxygen atoms in total. The van der Waals surface area contributed by atoms with Crippen LogP contribution in [0.25, 0.3) is 0 Å². The van der Waals surface area contributed by atoms with Gasteiger partial charge in [0.05, 0.1) is 23.5 Å². The van der Waals surface area contributed by atoms with Crippen LogP contribution in [0.2, 0.25) is 0 Å². The van der Waals surface area contributed by atoms with Crippen LogP contribution >= 0.6 is 0 Å². The van der Waals surface area contributed by atoms with Crippen molar-refractivity contribution in [3.05, 3.63) is 54.1 Å². The van der Waals surface area contributed by atoms with E-state index < -0.39 is 12.0 Å². The molecule has 0 saturated carbocycles. The van der Waals surface area contributed by atoms with Crippen LogP contribution in [-0.4, -0.2) is 36.4 Å². The predicted molar refractivity (Wildman–Crippen MR) is 111 cm³/mol. The third-order valence-corrected chi connectivity index (χ3v) is 4.87. The molecule has 152 valence electrons. The Morgan fingerprint density at radius 3 is 2.55 bits per heavy atom. The number of carbonyl (C=O) groups excluding carboxylic acids is 3. The summed E-state index contributed by atoms with van der Waals surface area (Å²) in [6, 6.07) is 13.9. The molecule has 0 spiro atoms. The molecule has 2 aromatic rings. The predicted octanol–water partition coefficient (Wildman–Crippen LogP) is 2.97. The number of carbonyl (C=O) groups is 3. The quantitative estimate of drug-likeness (QED) is 0.815. The SMILES string of the molecule is CCC(C)NC(=O)c1ccccc1NC(=O)C1CN(C(C)=O)c2ccccc2O1. The molecule has 3 amide bonds. The van der Waals surface area contributed by atoms with Gasteiger partial charge in [-0.1, -0.05) is 31.2 Å². The van der Waals surface area contributed by atoms with Gasteiger partial charge in [-0.2, -0.15) is 0 Å². The summed E-state index contributed by atoms with van der Waals surface area (Å²) in [5.74, 6) is -0.381. The summed E-state index contributed by atoms with van der Waals surface area (Å²) in [4.78, 5) is 39.0. The molecular formula is C22H25N3O4. The highest BCUT2D eigenvalue weighted by Crippen LogP contribution is 2.33. The number of anilines is 2. The lowest BCUT2D eigenvalue weighted by Crippen LogP contribution is -2.48. The van der Waals surface area contributed by atoms with Gasteiger partial charge in [0.1, 0.15) is 5.75 Å². The smallest absolute Gasteiger partial charge is 0.267 e. The number of fused-ring (bicyclic) bond motifs is 1. The third kappa shape index (κ3) is 4.56. The van der Waals surface area contributed by atoms with Crippen molar-refractivity contribution in [2.75, 3.05) is 16.8 Å². The molecule has 2 atom stereocenters. The lowest BCUT2D eigenvalue weighted by molar-refractivity contribution is -0.123. The van der Waals surface area contributed by atoms with Gasteiger partial charge in [0, 0.05) is 13.0 Å². The molecule has 1 heterocycles. The summed E-state index contributed by atoms with van der Waals surface area (Å²) in [5.41, 5.74) is 1.41. The molecule has 1 aliphatic rings. The van der Waals surface area contributed by atoms with Crippen molar-refractivity contribution < 1.29 is 19.1 Å². The molecule has 29 heavy (non-hydrogen) atoms. The van der Waals surface area contributed by atoms with Crippen LogP contribution in [0.15, 0.2) is 48.5 Å². The number of nitrogens with one attached hydrogen (secondary N) is 2. The minimum Gasteiger partial charge on any atom is -0.476 e. The van der Waals surface area contributed by atoms with Crippen molar-refractivity contribution in [3.63, 3.8) is 0 Å². The van der Waals surface area contributed by atoms with Gasteiger partial charge in [-0.05, 0) is 37.6 Å². The van der Waals surface area contributed by atoms with E-state index in [0.717, 1.165) is 6.42 Å². The summed E-state index contributed by atoms with van der Waals surface area (Å²) < 4.78 is 5.82. The van der Waals surface area contributed by atoms with Crippen molar-refractivity contribution in [3.8, 4) is 5.75 Å². The number of hydrogen-bond acceptors (Lipinski definition) is 4. The summed E-state index contributed by atoms with van der Waals surface area (Å²) in [6.45, 7) is 5.45. The first-order valence-electron chi connectivity index (χ1n) is 9.65. The maximum atomic E-state index is 12.9. The van der Waals surface area contributed by atoms with Crippen LogP contribution in [0.5, 0.6) is 5.75 Å². The molecule has 0 aromatic heterocycles. The molecule has 2 N–H and O–H groups in total. The van der Waals surface area contributed by atoms with Gasteiger partial charge < -0.3 is 20.3 Å². The van der Waals surface area contributed by atoms with Gasteiger partial charge in [-0.15, -0.1) is 0 Å². The zero-order chi connectivity index (χ0) is 21.0. The van der Waals surface area contributed by atoms with E-state index in [1.165, 1.54) is 11.8 Å². The Morgan fingerprint density at radius 2 is 1.83 bits per heavy atom. The van der Waals surface area contributed by atoms with Gasteiger partial charge in [0.15, 0.2) is 6.10 Å². The number of nitrogens with zero attached hydrogens (tertiary/aromatic N) is 1. The number of benzene rings is 2. The van der Waals surface area contributed by atoms with Crippen LogP contribution in [0.1, 0.15) is 37.6 Å². The fourth-order valence-corrected chi connectivity index (χ4v) is 3.08. The molecular weight excluding hydrogens is 370 g/mol. The first-order valence-corrected chi connectivity index (χ1v) is 9.65. The Hall–Kier alpha value is -3.35. The minimum absolute atomic E-state index is 0.0218. The minimum atomic E-state index is -0.889. The molecule has 1 aliphatic heterocycles. The number of rotatable bonds is 5. The lowest BCUT2D eigenvalue weighted by Gasteiger charge is -2.33. The topological polar surface area (TPSA) is 87.7 Å². The first kappa shape index (κ1) is 20.4. The highest BCUT2D eigenvalue weighted by atomic mass is 16.5. The van der Waals surface area contributed by atoms with Crippen molar-refractivity contribution in [1.29, 1.82) is 0 Å². The Morgan fingerprint density at radius 1 is 1.14 bits per heavy atom. The van der Waals surface area contributed by atoms with Crippen LogP contribution < -0.4 is 20.3 Å². The Balaban J connectivity index is 1.79. The summed E-state index contributed by atoms with van der Waals surface area (Å²) in [5, 5.41) is 5.68. The average molecular weight is 395 g/mol. The Kier molecular flexibility index (Phi) is 6.16. The van der Waals surface area contributed by atoms with E-state index in [1.807, 2.05) is 19.9 Å². The molecule has 0 aliphatic carbocycles. The second-order valence-corrected chi connectivity index (χ2v) is 7.02. The molecule has 0 bridgehead atoms. The van der Waals surface area contributed by atoms with E-state index in [-0.39, 0.29) is 24.4 Å².